The summed E-state index contributed by atoms with van der Waals surface area (Å²) in [6, 6.07) is 10.4. The van der Waals surface area contributed by atoms with Gasteiger partial charge < -0.3 is 19.5 Å². The number of amides is 4. The number of nitrogens with zero attached hydrogens (tertiary/aromatic N) is 3. The number of benzene rings is 2. The van der Waals surface area contributed by atoms with E-state index in [2.05, 4.69) is 10.5 Å². The first-order valence-electron chi connectivity index (χ1n) is 11.5. The van der Waals surface area contributed by atoms with Gasteiger partial charge in [0.15, 0.2) is 6.10 Å². The van der Waals surface area contributed by atoms with Crippen molar-refractivity contribution >= 4 is 35.0 Å². The van der Waals surface area contributed by atoms with E-state index in [4.69, 9.17) is 9.26 Å². The third-order valence-electron chi connectivity index (χ3n) is 6.52. The lowest BCUT2D eigenvalue weighted by Gasteiger charge is -2.33. The average molecular weight is 489 g/mol. The molecule has 3 heterocycles. The molecule has 2 unspecified atom stereocenters. The smallest absolute Gasteiger partial charge is 0.268 e. The Hall–Kier alpha value is -4.47. The summed E-state index contributed by atoms with van der Waals surface area (Å²) in [5.41, 5.74) is 2.88. The summed E-state index contributed by atoms with van der Waals surface area (Å²) in [5.74, 6) is -0.714. The van der Waals surface area contributed by atoms with E-state index < -0.39 is 29.9 Å². The number of hydrogen-bond donors (Lipinski definition) is 1. The van der Waals surface area contributed by atoms with E-state index >= 15 is 0 Å². The number of aryl methyl sites for hydroxylation is 2. The van der Waals surface area contributed by atoms with Gasteiger partial charge in [-0.1, -0.05) is 17.3 Å². The largest absolute Gasteiger partial charge is 0.479 e. The molecule has 0 aliphatic carbocycles. The van der Waals surface area contributed by atoms with Crippen LogP contribution < -0.4 is 15.0 Å². The van der Waals surface area contributed by atoms with E-state index in [0.717, 1.165) is 10.5 Å². The van der Waals surface area contributed by atoms with Gasteiger partial charge in [0, 0.05) is 11.3 Å². The second kappa shape index (κ2) is 8.63. The predicted molar refractivity (Wildman–Crippen MR) is 129 cm³/mol. The maximum atomic E-state index is 13.1. The average Bonchev–Trinajstić information content (AvgIpc) is 3.31. The molecule has 4 amide bonds. The highest BCUT2D eigenvalue weighted by molar-refractivity contribution is 6.23. The lowest BCUT2D eigenvalue weighted by atomic mass is 10.1. The summed E-state index contributed by atoms with van der Waals surface area (Å²) in [6.45, 7) is 6.97. The first kappa shape index (κ1) is 23.3. The Bertz CT molecular complexity index is 1370. The Morgan fingerprint density at radius 2 is 1.75 bits per heavy atom. The van der Waals surface area contributed by atoms with Crippen molar-refractivity contribution in [2.24, 2.45) is 0 Å². The number of carbonyl (C=O) groups excluding carboxylic acids is 4. The Morgan fingerprint density at radius 1 is 1.08 bits per heavy atom. The Balaban J connectivity index is 1.40. The molecule has 1 aromatic heterocycles. The van der Waals surface area contributed by atoms with Crippen LogP contribution in [0.25, 0.3) is 0 Å². The summed E-state index contributed by atoms with van der Waals surface area (Å²) in [7, 11) is 0. The molecular formula is C26H24N4O6. The van der Waals surface area contributed by atoms with E-state index in [9.17, 15) is 19.2 Å². The van der Waals surface area contributed by atoms with Crippen molar-refractivity contribution in [1.82, 2.24) is 10.1 Å². The third kappa shape index (κ3) is 3.71. The topological polar surface area (TPSA) is 122 Å². The summed E-state index contributed by atoms with van der Waals surface area (Å²) < 4.78 is 11.0. The zero-order chi connectivity index (χ0) is 25.7. The van der Waals surface area contributed by atoms with Crippen LogP contribution in [0.5, 0.6) is 5.75 Å². The van der Waals surface area contributed by atoms with Crippen LogP contribution in [0.2, 0.25) is 0 Å². The monoisotopic (exact) mass is 488 g/mol. The Morgan fingerprint density at radius 3 is 2.36 bits per heavy atom. The molecule has 10 nitrogen and oxygen atoms in total. The first-order valence-corrected chi connectivity index (χ1v) is 11.5. The quantitative estimate of drug-likeness (QED) is 0.547. The molecule has 2 aliphatic rings. The van der Waals surface area contributed by atoms with Crippen molar-refractivity contribution in [3.8, 4) is 5.75 Å². The van der Waals surface area contributed by atoms with Gasteiger partial charge in [-0.05, 0) is 58.0 Å². The van der Waals surface area contributed by atoms with Crippen molar-refractivity contribution in [2.75, 3.05) is 10.2 Å². The molecule has 2 atom stereocenters. The molecule has 184 valence electrons. The first-order chi connectivity index (χ1) is 17.2. The fraction of sp³-hybridized carbons (Fsp3) is 0.269. The minimum absolute atomic E-state index is 0.226. The molecule has 36 heavy (non-hydrogen) atoms. The van der Waals surface area contributed by atoms with Crippen molar-refractivity contribution in [3.05, 3.63) is 70.6 Å². The molecule has 5 rings (SSSR count). The fourth-order valence-electron chi connectivity index (χ4n) is 4.46. The maximum absolute atomic E-state index is 13.1. The van der Waals surface area contributed by atoms with Gasteiger partial charge in [0.1, 0.15) is 17.6 Å². The van der Waals surface area contributed by atoms with Crippen LogP contribution in [-0.2, 0) is 16.1 Å². The molecule has 0 saturated carbocycles. The number of hydrogen-bond acceptors (Lipinski definition) is 7. The normalized spacial score (nSPS) is 17.6. The highest BCUT2D eigenvalue weighted by atomic mass is 16.5. The van der Waals surface area contributed by atoms with Crippen LogP contribution >= 0.6 is 0 Å². The Labute approximate surface area is 206 Å². The number of ether oxygens (including phenoxy) is 1. The minimum atomic E-state index is -1.05. The molecule has 2 aliphatic heterocycles. The van der Waals surface area contributed by atoms with Crippen LogP contribution in [0.15, 0.2) is 47.0 Å². The number of nitrogens with one attached hydrogen (secondary N) is 1. The molecule has 0 bridgehead atoms. The van der Waals surface area contributed by atoms with Gasteiger partial charge in [-0.2, -0.15) is 0 Å². The number of aromatic nitrogens is 1. The molecule has 10 heteroatoms. The molecule has 0 fully saturated rings. The molecule has 0 spiro atoms. The van der Waals surface area contributed by atoms with Crippen molar-refractivity contribution < 1.29 is 28.4 Å². The summed E-state index contributed by atoms with van der Waals surface area (Å²) in [4.78, 5) is 54.1. The third-order valence-corrected chi connectivity index (χ3v) is 6.52. The molecule has 0 saturated heterocycles. The Kier molecular flexibility index (Phi) is 5.58. The van der Waals surface area contributed by atoms with Crippen LogP contribution in [0.1, 0.15) is 51.6 Å². The SMILES string of the molecule is Cc1noc(C)c1CN1C(=O)C(C)Oc2ccc(NC(=O)C(C)N3C(=O)c4ccccc4C3=O)cc21. The number of carbonyl (C=O) groups is 4. The van der Waals surface area contributed by atoms with Crippen LogP contribution in [0, 0.1) is 13.8 Å². The van der Waals surface area contributed by atoms with Crippen LogP contribution in [0.3, 0.4) is 0 Å². The standard InChI is InChI=1S/C26H24N4O6/c1-13-20(15(3)36-28-13)12-29-21-11-17(9-10-22(21)35-16(4)24(29)32)27-23(31)14(2)30-25(33)18-7-5-6-8-19(18)26(30)34/h5-11,14,16H,12H2,1-4H3,(H,27,31). The summed E-state index contributed by atoms with van der Waals surface area (Å²) in [6.07, 6.45) is -0.688. The lowest BCUT2D eigenvalue weighted by Crippen LogP contribution is -2.45. The van der Waals surface area contributed by atoms with E-state index in [-0.39, 0.29) is 23.6 Å². The number of fused-ring (bicyclic) bond motifs is 2. The molecular weight excluding hydrogens is 464 g/mol. The van der Waals surface area contributed by atoms with Crippen LogP contribution in [0.4, 0.5) is 11.4 Å². The highest BCUT2D eigenvalue weighted by Crippen LogP contribution is 2.38. The van der Waals surface area contributed by atoms with Crippen LogP contribution in [-0.4, -0.2) is 45.8 Å². The van der Waals surface area contributed by atoms with E-state index in [0.29, 0.717) is 28.6 Å². The minimum Gasteiger partial charge on any atom is -0.479 e. The van der Waals surface area contributed by atoms with Gasteiger partial charge in [-0.25, -0.2) is 0 Å². The maximum Gasteiger partial charge on any atom is 0.268 e. The van der Waals surface area contributed by atoms with Gasteiger partial charge in [-0.15, -0.1) is 0 Å². The van der Waals surface area contributed by atoms with Crippen molar-refractivity contribution in [3.63, 3.8) is 0 Å². The molecule has 3 aromatic rings. The number of anilines is 2. The number of imide groups is 1. The van der Waals surface area contributed by atoms with Crippen molar-refractivity contribution in [2.45, 2.75) is 46.4 Å². The molecule has 2 aromatic carbocycles. The molecule has 1 N–H and O–H groups in total. The van der Waals surface area contributed by atoms with Gasteiger partial charge >= 0.3 is 0 Å². The predicted octanol–water partition coefficient (Wildman–Crippen LogP) is 3.23. The highest BCUT2D eigenvalue weighted by Gasteiger charge is 2.41. The van der Waals surface area contributed by atoms with Crippen molar-refractivity contribution in [1.29, 1.82) is 0 Å². The lowest BCUT2D eigenvalue weighted by molar-refractivity contribution is -0.125. The summed E-state index contributed by atoms with van der Waals surface area (Å²) in [5, 5.41) is 6.72. The zero-order valence-electron chi connectivity index (χ0n) is 20.2. The second-order valence-electron chi connectivity index (χ2n) is 8.86. The second-order valence-corrected chi connectivity index (χ2v) is 8.86. The van der Waals surface area contributed by atoms with Gasteiger partial charge in [0.25, 0.3) is 17.7 Å². The fourth-order valence-corrected chi connectivity index (χ4v) is 4.46. The zero-order valence-corrected chi connectivity index (χ0v) is 20.2. The van der Waals surface area contributed by atoms with Gasteiger partial charge in [-0.3, -0.25) is 24.1 Å². The van der Waals surface area contributed by atoms with Gasteiger partial charge in [0.2, 0.25) is 5.91 Å². The van der Waals surface area contributed by atoms with E-state index in [1.54, 1.807) is 68.1 Å². The molecule has 0 radical (unpaired) electrons. The van der Waals surface area contributed by atoms with Gasteiger partial charge in [0.05, 0.1) is 29.1 Å². The van der Waals surface area contributed by atoms with E-state index in [1.807, 2.05) is 0 Å². The number of rotatable bonds is 5. The summed E-state index contributed by atoms with van der Waals surface area (Å²) >= 11 is 0. The van der Waals surface area contributed by atoms with E-state index in [1.165, 1.54) is 6.92 Å².